The number of primary amides is 1. The van der Waals surface area contributed by atoms with Gasteiger partial charge in [-0.15, -0.1) is 0 Å². The third-order valence-corrected chi connectivity index (χ3v) is 13.6. The number of fused-ring (bicyclic) bond motifs is 2. The Morgan fingerprint density at radius 2 is 1.45 bits per heavy atom. The van der Waals surface area contributed by atoms with Crippen LogP contribution < -0.4 is 41.7 Å². The van der Waals surface area contributed by atoms with Crippen molar-refractivity contribution < 1.29 is 29.1 Å². The second-order valence-electron chi connectivity index (χ2n) is 18.8. The first-order valence-corrected chi connectivity index (χ1v) is 22.0. The molecule has 6 N–H and O–H groups in total. The van der Waals surface area contributed by atoms with Crippen LogP contribution in [0.4, 0.5) is 17.1 Å². The van der Waals surface area contributed by atoms with Gasteiger partial charge in [0.15, 0.2) is 6.04 Å². The Labute approximate surface area is 356 Å². The normalized spacial score (nSPS) is 20.3. The molecule has 326 valence electrons. The molecule has 12 heteroatoms. The maximum absolute atomic E-state index is 14.7. The number of benzene rings is 2. The van der Waals surface area contributed by atoms with Crippen molar-refractivity contribution in [3.63, 3.8) is 0 Å². The van der Waals surface area contributed by atoms with Crippen molar-refractivity contribution in [1.29, 1.82) is 0 Å². The van der Waals surface area contributed by atoms with Gasteiger partial charge in [-0.25, -0.2) is 4.58 Å². The lowest BCUT2D eigenvalue weighted by molar-refractivity contribution is -0.124. The molecule has 3 unspecified atom stereocenters. The summed E-state index contributed by atoms with van der Waals surface area (Å²) in [6.45, 7) is 26.2. The number of hydrogen-bond donors (Lipinski definition) is 5. The van der Waals surface area contributed by atoms with Crippen molar-refractivity contribution in [2.24, 2.45) is 11.7 Å². The number of nitrogens with zero attached hydrogens (tertiary/aromatic N) is 2. The summed E-state index contributed by atoms with van der Waals surface area (Å²) in [5, 5.41) is 22.3. The zero-order valence-corrected chi connectivity index (χ0v) is 38.0. The Morgan fingerprint density at radius 1 is 0.833 bits per heavy atom. The maximum Gasteiger partial charge on any atom is 0.224 e. The summed E-state index contributed by atoms with van der Waals surface area (Å²) in [6.07, 6.45) is 3.90. The van der Waals surface area contributed by atoms with Gasteiger partial charge in [0.05, 0.1) is 27.9 Å². The van der Waals surface area contributed by atoms with E-state index in [9.17, 15) is 29.1 Å². The van der Waals surface area contributed by atoms with Crippen molar-refractivity contribution in [3.05, 3.63) is 57.3 Å². The number of carbonyl (C=O) groups excluding carboxylic acids is 5. The lowest BCUT2D eigenvalue weighted by Crippen LogP contribution is -2.42. The van der Waals surface area contributed by atoms with Gasteiger partial charge in [0.2, 0.25) is 34.8 Å². The van der Waals surface area contributed by atoms with E-state index >= 15 is 0 Å². The van der Waals surface area contributed by atoms with Crippen LogP contribution in [0, 0.1) is 5.92 Å². The number of rotatable bonds is 17. The van der Waals surface area contributed by atoms with Crippen molar-refractivity contribution in [2.75, 3.05) is 22.1 Å². The van der Waals surface area contributed by atoms with Gasteiger partial charge in [0.1, 0.15) is 11.8 Å². The Bertz CT molecular complexity index is 2230. The molecular formula is C48H69N6O6+. The highest BCUT2D eigenvalue weighted by Gasteiger charge is 2.48. The van der Waals surface area contributed by atoms with E-state index in [1.807, 2.05) is 24.3 Å². The van der Waals surface area contributed by atoms with Crippen LogP contribution in [-0.4, -0.2) is 65.2 Å². The molecule has 0 radical (unpaired) electrons. The molecule has 2 aliphatic heterocycles. The molecule has 1 aliphatic carbocycles. The molecule has 3 aliphatic rings. The number of Topliss-reactive ketones (excluding diaryl/α,β-unsaturated/α-hetero) is 1. The Hall–Kier alpha value is -5.00. The van der Waals surface area contributed by atoms with Gasteiger partial charge in [-0.2, -0.15) is 0 Å². The predicted octanol–water partition coefficient (Wildman–Crippen LogP) is 6.12. The lowest BCUT2D eigenvalue weighted by atomic mass is 9.76. The fraction of sp³-hybridized carbons (Fsp3) is 0.583. The lowest BCUT2D eigenvalue weighted by Gasteiger charge is -2.34. The van der Waals surface area contributed by atoms with E-state index in [0.29, 0.717) is 34.6 Å². The van der Waals surface area contributed by atoms with Crippen LogP contribution in [-0.2, 0) is 34.8 Å². The van der Waals surface area contributed by atoms with Crippen molar-refractivity contribution >= 4 is 57.6 Å². The number of aliphatic hydroxyl groups is 1. The maximum atomic E-state index is 14.7. The van der Waals surface area contributed by atoms with E-state index in [2.05, 4.69) is 109 Å². The van der Waals surface area contributed by atoms with Gasteiger partial charge >= 0.3 is 0 Å². The Balaban J connectivity index is 1.62. The highest BCUT2D eigenvalue weighted by Crippen LogP contribution is 2.51. The van der Waals surface area contributed by atoms with Crippen LogP contribution in [0.2, 0.25) is 0 Å². The van der Waals surface area contributed by atoms with Gasteiger partial charge in [0, 0.05) is 77.8 Å². The second kappa shape index (κ2) is 17.9. The smallest absolute Gasteiger partial charge is 0.224 e. The molecule has 4 amide bonds. The SMILES string of the molecule is CCCCC(CC)CNC(=O)CCC(=O)Nc1cc2c(cc1C1=C(O)C(=c3cc4c(cc3NC(=O)CCC(N)=O)=[N+](C(C)C)C(C)C4(C)C)C1=O)C(C)(C)C(C)N2C(C)C. The fourth-order valence-corrected chi connectivity index (χ4v) is 9.35. The number of hydrogen-bond acceptors (Lipinski definition) is 7. The minimum absolute atomic E-state index is 0.0127. The first-order valence-electron chi connectivity index (χ1n) is 22.0. The largest absolute Gasteiger partial charge is 0.506 e. The average molecular weight is 826 g/mol. The molecule has 0 fully saturated rings. The number of aliphatic hydroxyl groups excluding tert-OH is 1. The number of ketones is 1. The first-order chi connectivity index (χ1) is 28.1. The molecule has 0 saturated carbocycles. The van der Waals surface area contributed by atoms with Crippen molar-refractivity contribution in [3.8, 4) is 0 Å². The molecule has 0 aromatic heterocycles. The standard InChI is InChI=1S/C48H68N6O6/c1-13-15-16-30(14-2)25-50-40(56)19-20-42(58)52-36-24-38-34(48(11,12)29(8)54(38)27(5)6)22-32(36)44-45(59)43(46(44)60)31-21-33-37(53(26(3)4)28(7)47(33,9)10)23-35(31)51-41(57)18-17-39(49)55/h21-24,26-30H,13-20,25H2,1-12H3,(H5,49,50,51,52,55,56,57,58,59,60)/p+1. The highest BCUT2D eigenvalue weighted by molar-refractivity contribution is 6.52. The monoisotopic (exact) mass is 826 g/mol. The summed E-state index contributed by atoms with van der Waals surface area (Å²) in [4.78, 5) is 68.3. The Morgan fingerprint density at radius 3 is 2.02 bits per heavy atom. The average Bonchev–Trinajstić information content (AvgIpc) is 3.49. The van der Waals surface area contributed by atoms with Crippen LogP contribution in [0.25, 0.3) is 11.1 Å². The second-order valence-corrected chi connectivity index (χ2v) is 18.8. The number of nitrogens with one attached hydrogen (secondary N) is 3. The van der Waals surface area contributed by atoms with E-state index in [0.717, 1.165) is 47.9 Å². The molecule has 12 nitrogen and oxygen atoms in total. The minimum Gasteiger partial charge on any atom is -0.506 e. The molecular weight excluding hydrogens is 757 g/mol. The minimum atomic E-state index is -0.604. The highest BCUT2D eigenvalue weighted by atomic mass is 16.3. The van der Waals surface area contributed by atoms with E-state index < -0.39 is 17.6 Å². The van der Waals surface area contributed by atoms with E-state index in [1.165, 1.54) is 0 Å². The summed E-state index contributed by atoms with van der Waals surface area (Å²) in [6, 6.07) is 8.00. The molecule has 0 spiro atoms. The van der Waals surface area contributed by atoms with Gasteiger partial charge in [0.25, 0.3) is 0 Å². The number of carbonyl (C=O) groups is 5. The molecule has 60 heavy (non-hydrogen) atoms. The summed E-state index contributed by atoms with van der Waals surface area (Å²) in [7, 11) is 0. The number of anilines is 3. The molecule has 0 saturated heterocycles. The van der Waals surface area contributed by atoms with Gasteiger partial charge < -0.3 is 31.7 Å². The topological polar surface area (TPSA) is 174 Å². The number of allylic oxidation sites excluding steroid dienone is 2. The van der Waals surface area contributed by atoms with Gasteiger partial charge in [-0.3, -0.25) is 24.0 Å². The predicted molar refractivity (Wildman–Crippen MR) is 240 cm³/mol. The molecule has 2 heterocycles. The number of nitrogens with two attached hydrogens (primary N) is 1. The molecule has 2 aromatic carbocycles. The third-order valence-electron chi connectivity index (χ3n) is 13.6. The summed E-state index contributed by atoms with van der Waals surface area (Å²) >= 11 is 0. The zero-order valence-electron chi connectivity index (χ0n) is 38.0. The van der Waals surface area contributed by atoms with Crippen LogP contribution >= 0.6 is 0 Å². The van der Waals surface area contributed by atoms with Crippen molar-refractivity contribution in [2.45, 2.75) is 169 Å². The third kappa shape index (κ3) is 8.75. The quantitative estimate of drug-likeness (QED) is 0.120. The first kappa shape index (κ1) is 46.1. The van der Waals surface area contributed by atoms with E-state index in [1.54, 1.807) is 0 Å². The molecule has 5 rings (SSSR count). The van der Waals surface area contributed by atoms with Crippen LogP contribution in [0.5, 0.6) is 0 Å². The van der Waals surface area contributed by atoms with E-state index in [4.69, 9.17) is 5.73 Å². The van der Waals surface area contributed by atoms with Crippen LogP contribution in [0.15, 0.2) is 30.0 Å². The molecule has 2 aromatic rings. The summed E-state index contributed by atoms with van der Waals surface area (Å²) < 4.78 is 2.29. The number of unbranched alkanes of at least 4 members (excludes halogenated alkanes) is 1. The number of amides is 4. The fourth-order valence-electron chi connectivity index (χ4n) is 9.35. The van der Waals surface area contributed by atoms with Crippen LogP contribution in [0.3, 0.4) is 0 Å². The molecule has 0 bridgehead atoms. The summed E-state index contributed by atoms with van der Waals surface area (Å²) in [5.41, 5.74) is 8.76. The van der Waals surface area contributed by atoms with E-state index in [-0.39, 0.29) is 89.4 Å². The molecule has 3 atom stereocenters. The van der Waals surface area contributed by atoms with Crippen LogP contribution in [0.1, 0.15) is 151 Å². The zero-order chi connectivity index (χ0) is 44.6. The van der Waals surface area contributed by atoms with Gasteiger partial charge in [-0.1, -0.05) is 47.0 Å². The van der Waals surface area contributed by atoms with Crippen molar-refractivity contribution in [1.82, 2.24) is 9.89 Å². The van der Waals surface area contributed by atoms with Gasteiger partial charge in [-0.05, 0) is 91.5 Å². The summed E-state index contributed by atoms with van der Waals surface area (Å²) in [5.74, 6) is -1.91. The Kier molecular flexibility index (Phi) is 13.8.